The SMILES string of the molecule is C=CCCCCCCC[C@@H]1C(=C)C(=O)O[C@@H]1CCCCCC=C. The van der Waals surface area contributed by atoms with Crippen molar-refractivity contribution in [3.8, 4) is 0 Å². The molecule has 0 aromatic heterocycles. The van der Waals surface area contributed by atoms with Gasteiger partial charge in [-0.25, -0.2) is 4.79 Å². The van der Waals surface area contributed by atoms with Crippen molar-refractivity contribution in [1.29, 1.82) is 0 Å². The fourth-order valence-corrected chi connectivity index (χ4v) is 3.29. The van der Waals surface area contributed by atoms with E-state index in [0.717, 1.165) is 32.1 Å². The molecule has 0 radical (unpaired) electrons. The molecule has 0 saturated carbocycles. The van der Waals surface area contributed by atoms with Crippen LogP contribution in [-0.4, -0.2) is 12.1 Å². The largest absolute Gasteiger partial charge is 0.458 e. The maximum atomic E-state index is 11.8. The highest BCUT2D eigenvalue weighted by Crippen LogP contribution is 2.34. The lowest BCUT2D eigenvalue weighted by Crippen LogP contribution is -2.16. The Balaban J connectivity index is 2.22. The smallest absolute Gasteiger partial charge is 0.334 e. The lowest BCUT2D eigenvalue weighted by Gasteiger charge is -2.17. The van der Waals surface area contributed by atoms with Crippen LogP contribution in [0.25, 0.3) is 0 Å². The van der Waals surface area contributed by atoms with Gasteiger partial charge in [0.25, 0.3) is 0 Å². The van der Waals surface area contributed by atoms with E-state index in [-0.39, 0.29) is 18.0 Å². The van der Waals surface area contributed by atoms with E-state index in [0.29, 0.717) is 5.57 Å². The highest BCUT2D eigenvalue weighted by atomic mass is 16.6. The Kier molecular flexibility index (Phi) is 10.4. The minimum atomic E-state index is -0.169. The molecule has 0 aromatic rings. The molecule has 2 nitrogen and oxygen atoms in total. The Morgan fingerprint density at radius 3 is 2.00 bits per heavy atom. The van der Waals surface area contributed by atoms with Gasteiger partial charge in [-0.2, -0.15) is 0 Å². The molecule has 0 unspecified atom stereocenters. The summed E-state index contributed by atoms with van der Waals surface area (Å²) in [5.74, 6) is 0.0761. The van der Waals surface area contributed by atoms with E-state index in [1.54, 1.807) is 0 Å². The maximum Gasteiger partial charge on any atom is 0.334 e. The number of hydrogen-bond acceptors (Lipinski definition) is 2. The second kappa shape index (κ2) is 12.2. The lowest BCUT2D eigenvalue weighted by atomic mass is 9.88. The quantitative estimate of drug-likeness (QED) is 0.166. The summed E-state index contributed by atoms with van der Waals surface area (Å²) in [6.07, 6.45) is 17.9. The molecule has 0 amide bonds. The topological polar surface area (TPSA) is 26.3 Å². The van der Waals surface area contributed by atoms with Crippen molar-refractivity contribution in [3.05, 3.63) is 37.5 Å². The lowest BCUT2D eigenvalue weighted by molar-refractivity contribution is -0.139. The Hall–Kier alpha value is -1.31. The summed E-state index contributed by atoms with van der Waals surface area (Å²) >= 11 is 0. The number of carbonyl (C=O) groups excluding carboxylic acids is 1. The molecular weight excluding hydrogens is 284 g/mol. The molecule has 0 bridgehead atoms. The molecule has 23 heavy (non-hydrogen) atoms. The number of hydrogen-bond donors (Lipinski definition) is 0. The van der Waals surface area contributed by atoms with Gasteiger partial charge in [-0.05, 0) is 44.9 Å². The Labute approximate surface area is 142 Å². The van der Waals surface area contributed by atoms with Crippen LogP contribution in [0.5, 0.6) is 0 Å². The number of carbonyl (C=O) groups is 1. The summed E-state index contributed by atoms with van der Waals surface area (Å²) in [5, 5.41) is 0. The molecule has 1 aliphatic rings. The summed E-state index contributed by atoms with van der Waals surface area (Å²) in [5.41, 5.74) is 0.702. The van der Waals surface area contributed by atoms with Crippen molar-refractivity contribution < 1.29 is 9.53 Å². The van der Waals surface area contributed by atoms with Crippen molar-refractivity contribution in [2.75, 3.05) is 0 Å². The second-order valence-corrected chi connectivity index (χ2v) is 6.64. The number of allylic oxidation sites excluding steroid dienone is 2. The first kappa shape index (κ1) is 19.7. The monoisotopic (exact) mass is 318 g/mol. The van der Waals surface area contributed by atoms with Gasteiger partial charge in [0, 0.05) is 11.5 Å². The fraction of sp³-hybridized carbons (Fsp3) is 0.667. The summed E-state index contributed by atoms with van der Waals surface area (Å²) in [7, 11) is 0. The van der Waals surface area contributed by atoms with Gasteiger partial charge >= 0.3 is 5.97 Å². The molecule has 0 aromatic carbocycles. The first-order valence-electron chi connectivity index (χ1n) is 9.32. The van der Waals surface area contributed by atoms with Gasteiger partial charge in [-0.3, -0.25) is 0 Å². The van der Waals surface area contributed by atoms with Gasteiger partial charge in [0.2, 0.25) is 0 Å². The van der Waals surface area contributed by atoms with Crippen LogP contribution in [0.3, 0.4) is 0 Å². The van der Waals surface area contributed by atoms with E-state index in [4.69, 9.17) is 4.74 Å². The normalized spacial score (nSPS) is 20.5. The molecule has 0 spiro atoms. The van der Waals surface area contributed by atoms with E-state index in [2.05, 4.69) is 19.7 Å². The molecule has 0 N–H and O–H groups in total. The van der Waals surface area contributed by atoms with Gasteiger partial charge in [-0.15, -0.1) is 13.2 Å². The van der Waals surface area contributed by atoms with Gasteiger partial charge in [0.1, 0.15) is 6.10 Å². The molecule has 1 saturated heterocycles. The molecule has 1 aliphatic heterocycles. The first-order valence-corrected chi connectivity index (χ1v) is 9.32. The van der Waals surface area contributed by atoms with Crippen molar-refractivity contribution >= 4 is 5.97 Å². The zero-order valence-electron chi connectivity index (χ0n) is 14.7. The molecule has 1 fully saturated rings. The van der Waals surface area contributed by atoms with Crippen LogP contribution < -0.4 is 0 Å². The molecule has 2 heteroatoms. The molecule has 2 atom stereocenters. The third kappa shape index (κ3) is 7.67. The molecule has 1 heterocycles. The van der Waals surface area contributed by atoms with Crippen LogP contribution >= 0.6 is 0 Å². The van der Waals surface area contributed by atoms with Crippen molar-refractivity contribution in [1.82, 2.24) is 0 Å². The van der Waals surface area contributed by atoms with E-state index in [9.17, 15) is 4.79 Å². The molecule has 0 aliphatic carbocycles. The summed E-state index contributed by atoms with van der Waals surface area (Å²) in [6, 6.07) is 0. The van der Waals surface area contributed by atoms with Crippen LogP contribution in [0.1, 0.15) is 77.0 Å². The van der Waals surface area contributed by atoms with E-state index in [1.807, 2.05) is 12.2 Å². The van der Waals surface area contributed by atoms with E-state index < -0.39 is 0 Å². The number of unbranched alkanes of at least 4 members (excludes halogenated alkanes) is 8. The minimum Gasteiger partial charge on any atom is -0.458 e. The van der Waals surface area contributed by atoms with Gasteiger partial charge < -0.3 is 4.74 Å². The average molecular weight is 319 g/mol. The molecule has 1 rings (SSSR count). The highest BCUT2D eigenvalue weighted by molar-refractivity contribution is 5.90. The third-order valence-electron chi connectivity index (χ3n) is 4.74. The predicted octanol–water partition coefficient (Wildman–Crippen LogP) is 6.14. The third-order valence-corrected chi connectivity index (χ3v) is 4.74. The fourth-order valence-electron chi connectivity index (χ4n) is 3.29. The number of cyclic esters (lactones) is 1. The highest BCUT2D eigenvalue weighted by Gasteiger charge is 2.37. The van der Waals surface area contributed by atoms with Crippen molar-refractivity contribution in [3.63, 3.8) is 0 Å². The predicted molar refractivity (Wildman–Crippen MR) is 98.3 cm³/mol. The summed E-state index contributed by atoms with van der Waals surface area (Å²) in [4.78, 5) is 11.8. The van der Waals surface area contributed by atoms with Crippen LogP contribution in [0.4, 0.5) is 0 Å². The number of rotatable bonds is 14. The van der Waals surface area contributed by atoms with Crippen LogP contribution in [0.15, 0.2) is 37.5 Å². The van der Waals surface area contributed by atoms with Crippen molar-refractivity contribution in [2.24, 2.45) is 5.92 Å². The maximum absolute atomic E-state index is 11.8. The summed E-state index contributed by atoms with van der Waals surface area (Å²) in [6.45, 7) is 11.5. The van der Waals surface area contributed by atoms with Crippen LogP contribution in [0.2, 0.25) is 0 Å². The van der Waals surface area contributed by atoms with Gasteiger partial charge in [0.15, 0.2) is 0 Å². The zero-order chi connectivity index (χ0) is 16.9. The second-order valence-electron chi connectivity index (χ2n) is 6.64. The van der Waals surface area contributed by atoms with Crippen LogP contribution in [-0.2, 0) is 9.53 Å². The standard InChI is InChI=1S/C21H34O2/c1-4-6-8-10-11-13-14-16-19-18(3)21(22)23-20(19)17-15-12-9-7-5-2/h4-5,19-20H,1-3,6-17H2/t19-,20-/m1/s1. The summed E-state index contributed by atoms with van der Waals surface area (Å²) < 4.78 is 5.53. The Morgan fingerprint density at radius 2 is 1.35 bits per heavy atom. The first-order chi connectivity index (χ1) is 11.2. The molecular formula is C21H34O2. The number of ether oxygens (including phenoxy) is 1. The van der Waals surface area contributed by atoms with E-state index >= 15 is 0 Å². The van der Waals surface area contributed by atoms with E-state index in [1.165, 1.54) is 44.9 Å². The number of esters is 1. The Bertz CT molecular complexity index is 383. The average Bonchev–Trinajstić information content (AvgIpc) is 2.81. The minimum absolute atomic E-state index is 0.0690. The van der Waals surface area contributed by atoms with Crippen molar-refractivity contribution in [2.45, 2.75) is 83.2 Å². The van der Waals surface area contributed by atoms with Crippen LogP contribution in [0, 0.1) is 5.92 Å². The Morgan fingerprint density at radius 1 is 0.826 bits per heavy atom. The van der Waals surface area contributed by atoms with Gasteiger partial charge in [0.05, 0.1) is 0 Å². The molecule has 130 valence electrons. The zero-order valence-corrected chi connectivity index (χ0v) is 14.7. The van der Waals surface area contributed by atoms with Gasteiger partial charge in [-0.1, -0.05) is 50.8 Å².